The Balaban J connectivity index is 1.70. The summed E-state index contributed by atoms with van der Waals surface area (Å²) in [5.74, 6) is 1.10. The van der Waals surface area contributed by atoms with Gasteiger partial charge >= 0.3 is 0 Å². The van der Waals surface area contributed by atoms with Crippen LogP contribution in [0.1, 0.15) is 31.3 Å². The molecule has 0 amide bonds. The first-order chi connectivity index (χ1) is 10.1. The van der Waals surface area contributed by atoms with E-state index in [4.69, 9.17) is 0 Å². The van der Waals surface area contributed by atoms with Gasteiger partial charge in [-0.1, -0.05) is 6.07 Å². The molecule has 5 nitrogen and oxygen atoms in total. The fraction of sp³-hybridized carbons (Fsp3) is 0.400. The Labute approximate surface area is 128 Å². The first-order valence-corrected chi connectivity index (χ1v) is 7.78. The van der Waals surface area contributed by atoms with Crippen molar-refractivity contribution in [2.24, 2.45) is 0 Å². The van der Waals surface area contributed by atoms with Gasteiger partial charge in [-0.05, 0) is 38.6 Å². The minimum absolute atomic E-state index is 0.438. The largest absolute Gasteiger partial charge is 0.331 e. The molecule has 0 N–H and O–H groups in total. The molecular formula is C15H19N5S. The van der Waals surface area contributed by atoms with E-state index in [-0.39, 0.29) is 0 Å². The van der Waals surface area contributed by atoms with E-state index in [0.717, 1.165) is 29.9 Å². The van der Waals surface area contributed by atoms with Gasteiger partial charge in [-0.25, -0.2) is 4.98 Å². The lowest BCUT2D eigenvalue weighted by Crippen LogP contribution is -2.20. The number of benzene rings is 1. The van der Waals surface area contributed by atoms with E-state index < -0.39 is 0 Å². The zero-order valence-corrected chi connectivity index (χ0v) is 13.3. The summed E-state index contributed by atoms with van der Waals surface area (Å²) < 4.78 is 10.7. The molecule has 0 bridgehead atoms. The maximum absolute atomic E-state index is 4.46. The van der Waals surface area contributed by atoms with Gasteiger partial charge in [0.05, 0.1) is 18.3 Å². The summed E-state index contributed by atoms with van der Waals surface area (Å²) in [5, 5.41) is 0. The van der Waals surface area contributed by atoms with Crippen molar-refractivity contribution < 1.29 is 0 Å². The molecular weight excluding hydrogens is 282 g/mol. The average Bonchev–Trinajstić information content (AvgIpc) is 3.06. The van der Waals surface area contributed by atoms with Crippen molar-refractivity contribution in [2.75, 3.05) is 7.05 Å². The molecule has 0 saturated heterocycles. The van der Waals surface area contributed by atoms with Crippen LogP contribution in [0.4, 0.5) is 0 Å². The van der Waals surface area contributed by atoms with Crippen molar-refractivity contribution in [1.82, 2.24) is 23.2 Å². The number of imidazole rings is 1. The maximum Gasteiger partial charge on any atom is 0.123 e. The summed E-state index contributed by atoms with van der Waals surface area (Å²) in [6.45, 7) is 6.06. The molecule has 0 spiro atoms. The number of rotatable bonds is 5. The molecule has 0 atom stereocenters. The fourth-order valence-electron chi connectivity index (χ4n) is 2.47. The molecule has 3 rings (SSSR count). The van der Waals surface area contributed by atoms with Gasteiger partial charge in [-0.3, -0.25) is 4.90 Å². The van der Waals surface area contributed by atoms with Crippen LogP contribution < -0.4 is 0 Å². The Morgan fingerprint density at radius 1 is 1.19 bits per heavy atom. The molecule has 0 aliphatic carbocycles. The Hall–Kier alpha value is -1.79. The Morgan fingerprint density at radius 2 is 2.00 bits per heavy atom. The lowest BCUT2D eigenvalue weighted by Gasteiger charge is -2.18. The van der Waals surface area contributed by atoms with Crippen LogP contribution in [0.25, 0.3) is 11.0 Å². The Morgan fingerprint density at radius 3 is 2.81 bits per heavy atom. The van der Waals surface area contributed by atoms with Crippen molar-refractivity contribution >= 4 is 22.8 Å². The Kier molecular flexibility index (Phi) is 3.98. The normalized spacial score (nSPS) is 11.9. The van der Waals surface area contributed by atoms with Gasteiger partial charge in [-0.15, -0.1) is 0 Å². The topological polar surface area (TPSA) is 46.8 Å². The molecule has 0 radical (unpaired) electrons. The number of aromatic nitrogens is 4. The van der Waals surface area contributed by atoms with Gasteiger partial charge < -0.3 is 4.57 Å². The molecule has 0 unspecified atom stereocenters. The zero-order valence-electron chi connectivity index (χ0n) is 12.5. The molecule has 6 heteroatoms. The van der Waals surface area contributed by atoms with E-state index in [1.165, 1.54) is 17.3 Å². The third-order valence-corrected chi connectivity index (χ3v) is 4.04. The standard InChI is InChI=1S/C15H19N5S/c1-11(2)20-7-6-16-15(20)10-19(3)9-12-4-5-13-14(8-12)18-21-17-13/h4-8,11H,9-10H2,1-3H3. The molecule has 21 heavy (non-hydrogen) atoms. The highest BCUT2D eigenvalue weighted by atomic mass is 32.1. The van der Waals surface area contributed by atoms with E-state index in [1.807, 2.05) is 18.5 Å². The van der Waals surface area contributed by atoms with Crippen molar-refractivity contribution in [3.05, 3.63) is 42.0 Å². The predicted molar refractivity (Wildman–Crippen MR) is 85.2 cm³/mol. The second-order valence-electron chi connectivity index (χ2n) is 5.60. The van der Waals surface area contributed by atoms with Crippen molar-refractivity contribution in [1.29, 1.82) is 0 Å². The third-order valence-electron chi connectivity index (χ3n) is 3.49. The monoisotopic (exact) mass is 301 g/mol. The van der Waals surface area contributed by atoms with E-state index in [9.17, 15) is 0 Å². The number of hydrogen-bond donors (Lipinski definition) is 0. The van der Waals surface area contributed by atoms with Gasteiger partial charge in [0.2, 0.25) is 0 Å². The maximum atomic E-state index is 4.46. The molecule has 0 fully saturated rings. The van der Waals surface area contributed by atoms with Crippen LogP contribution in [-0.2, 0) is 13.1 Å². The van der Waals surface area contributed by atoms with E-state index in [2.05, 4.69) is 56.2 Å². The number of nitrogens with zero attached hydrogens (tertiary/aromatic N) is 5. The lowest BCUT2D eigenvalue weighted by molar-refractivity contribution is 0.302. The van der Waals surface area contributed by atoms with Gasteiger partial charge in [0.25, 0.3) is 0 Å². The molecule has 110 valence electrons. The molecule has 2 aromatic heterocycles. The van der Waals surface area contributed by atoms with E-state index in [0.29, 0.717) is 6.04 Å². The summed E-state index contributed by atoms with van der Waals surface area (Å²) >= 11 is 1.26. The molecule has 3 aromatic rings. The van der Waals surface area contributed by atoms with Crippen LogP contribution in [0, 0.1) is 0 Å². The van der Waals surface area contributed by atoms with Crippen LogP contribution in [-0.4, -0.2) is 30.2 Å². The van der Waals surface area contributed by atoms with Gasteiger partial charge in [0.15, 0.2) is 0 Å². The van der Waals surface area contributed by atoms with Crippen LogP contribution in [0.15, 0.2) is 30.6 Å². The summed E-state index contributed by atoms with van der Waals surface area (Å²) in [6.07, 6.45) is 3.91. The Bertz CT molecular complexity index is 730. The van der Waals surface area contributed by atoms with E-state index in [1.54, 1.807) is 0 Å². The molecule has 0 aliphatic rings. The second-order valence-corrected chi connectivity index (χ2v) is 6.13. The molecule has 2 heterocycles. The minimum atomic E-state index is 0.438. The van der Waals surface area contributed by atoms with Crippen LogP contribution in [0.2, 0.25) is 0 Å². The zero-order chi connectivity index (χ0) is 14.8. The quantitative estimate of drug-likeness (QED) is 0.726. The summed E-state index contributed by atoms with van der Waals surface area (Å²) in [7, 11) is 2.11. The SMILES string of the molecule is CC(C)n1ccnc1CN(C)Cc1ccc2nsnc2c1. The van der Waals surface area contributed by atoms with Crippen molar-refractivity contribution in [3.8, 4) is 0 Å². The van der Waals surface area contributed by atoms with Gasteiger partial charge in [0, 0.05) is 25.0 Å². The molecule has 0 aliphatic heterocycles. The highest BCUT2D eigenvalue weighted by molar-refractivity contribution is 7.00. The first kappa shape index (κ1) is 14.2. The molecule has 1 aromatic carbocycles. The van der Waals surface area contributed by atoms with Crippen LogP contribution >= 0.6 is 11.7 Å². The first-order valence-electron chi connectivity index (χ1n) is 7.05. The van der Waals surface area contributed by atoms with Crippen molar-refractivity contribution in [2.45, 2.75) is 33.0 Å². The second kappa shape index (κ2) is 5.91. The van der Waals surface area contributed by atoms with Gasteiger partial charge in [-0.2, -0.15) is 8.75 Å². The van der Waals surface area contributed by atoms with Crippen molar-refractivity contribution in [3.63, 3.8) is 0 Å². The third kappa shape index (κ3) is 3.11. The summed E-state index contributed by atoms with van der Waals surface area (Å²) in [5.41, 5.74) is 3.21. The number of hydrogen-bond acceptors (Lipinski definition) is 5. The average molecular weight is 301 g/mol. The molecule has 0 saturated carbocycles. The number of fused-ring (bicyclic) bond motifs is 1. The predicted octanol–water partition coefficient (Wildman–Crippen LogP) is 3.10. The highest BCUT2D eigenvalue weighted by Gasteiger charge is 2.10. The minimum Gasteiger partial charge on any atom is -0.331 e. The van der Waals surface area contributed by atoms with Crippen LogP contribution in [0.5, 0.6) is 0 Å². The van der Waals surface area contributed by atoms with Gasteiger partial charge in [0.1, 0.15) is 16.9 Å². The summed E-state index contributed by atoms with van der Waals surface area (Å²) in [4.78, 5) is 6.73. The fourth-order valence-corrected chi connectivity index (χ4v) is 2.99. The highest BCUT2D eigenvalue weighted by Crippen LogP contribution is 2.16. The smallest absolute Gasteiger partial charge is 0.123 e. The summed E-state index contributed by atoms with van der Waals surface area (Å²) in [6, 6.07) is 6.71. The van der Waals surface area contributed by atoms with E-state index >= 15 is 0 Å². The lowest BCUT2D eigenvalue weighted by atomic mass is 10.2. The van der Waals surface area contributed by atoms with Crippen LogP contribution in [0.3, 0.4) is 0 Å².